The van der Waals surface area contributed by atoms with E-state index < -0.39 is 0 Å². The van der Waals surface area contributed by atoms with Gasteiger partial charge in [-0.05, 0) is 31.4 Å². The molecule has 1 aliphatic rings. The maximum atomic E-state index is 11.7. The molecule has 0 aromatic carbocycles. The summed E-state index contributed by atoms with van der Waals surface area (Å²) in [6.45, 7) is 6.05. The fourth-order valence-electron chi connectivity index (χ4n) is 1.90. The summed E-state index contributed by atoms with van der Waals surface area (Å²) in [4.78, 5) is 11.7. The Hall–Kier alpha value is 0.0200. The van der Waals surface area contributed by atoms with Gasteiger partial charge in [0.15, 0.2) is 0 Å². The molecule has 0 aliphatic carbocycles. The summed E-state index contributed by atoms with van der Waals surface area (Å²) in [5.74, 6) is 1.77. The molecule has 1 saturated heterocycles. The van der Waals surface area contributed by atoms with Crippen molar-refractivity contribution in [1.82, 2.24) is 0 Å². The summed E-state index contributed by atoms with van der Waals surface area (Å²) in [6.07, 6.45) is 7.23. The number of rotatable bonds is 5. The van der Waals surface area contributed by atoms with E-state index in [-0.39, 0.29) is 5.41 Å². The van der Waals surface area contributed by atoms with Gasteiger partial charge in [-0.25, -0.2) is 0 Å². The van der Waals surface area contributed by atoms with Crippen LogP contribution in [0.25, 0.3) is 0 Å². The van der Waals surface area contributed by atoms with Crippen LogP contribution < -0.4 is 0 Å². The van der Waals surface area contributed by atoms with Crippen LogP contribution in [0.5, 0.6) is 0 Å². The van der Waals surface area contributed by atoms with Crippen LogP contribution in [0, 0.1) is 5.41 Å². The molecule has 0 amide bonds. The highest BCUT2D eigenvalue weighted by atomic mass is 32.2. The zero-order valence-corrected chi connectivity index (χ0v) is 11.2. The Bertz CT molecular complexity index is 199. The third-order valence-electron chi connectivity index (χ3n) is 3.04. The third-order valence-corrected chi connectivity index (χ3v) is 4.51. The largest absolute Gasteiger partial charge is 0.299 e. The number of Topliss-reactive ketones (excluding diaryl/α,β-unsaturated/α-hetero) is 1. The lowest BCUT2D eigenvalue weighted by Crippen LogP contribution is -2.19. The highest BCUT2D eigenvalue weighted by Gasteiger charge is 2.20. The van der Waals surface area contributed by atoms with E-state index in [9.17, 15) is 4.79 Å². The van der Waals surface area contributed by atoms with Gasteiger partial charge in [0.2, 0.25) is 0 Å². The molecule has 0 aromatic rings. The van der Waals surface area contributed by atoms with E-state index >= 15 is 0 Å². The first-order valence-electron chi connectivity index (χ1n) is 6.15. The maximum Gasteiger partial charge on any atom is 0.138 e. The van der Waals surface area contributed by atoms with Crippen molar-refractivity contribution < 1.29 is 4.79 Å². The fourth-order valence-corrected chi connectivity index (χ4v) is 3.24. The summed E-state index contributed by atoms with van der Waals surface area (Å²) in [6, 6.07) is 0. The second-order valence-electron chi connectivity index (χ2n) is 5.55. The zero-order valence-electron chi connectivity index (χ0n) is 10.3. The highest BCUT2D eigenvalue weighted by molar-refractivity contribution is 8.00. The Morgan fingerprint density at radius 1 is 1.33 bits per heavy atom. The van der Waals surface area contributed by atoms with Gasteiger partial charge in [-0.1, -0.05) is 27.2 Å². The monoisotopic (exact) mass is 228 g/mol. The molecule has 0 spiro atoms. The number of carbonyl (C=O) groups excluding carboxylic acids is 1. The normalized spacial score (nSPS) is 21.9. The highest BCUT2D eigenvalue weighted by Crippen LogP contribution is 2.30. The number of hydrogen-bond donors (Lipinski definition) is 0. The van der Waals surface area contributed by atoms with Gasteiger partial charge < -0.3 is 0 Å². The summed E-state index contributed by atoms with van der Waals surface area (Å²) in [5.41, 5.74) is -0.137. The Kier molecular flexibility index (Phi) is 5.17. The van der Waals surface area contributed by atoms with Crippen LogP contribution in [0.15, 0.2) is 0 Å². The van der Waals surface area contributed by atoms with Gasteiger partial charge in [0.05, 0.1) is 0 Å². The first kappa shape index (κ1) is 13.1. The molecule has 0 bridgehead atoms. The third kappa shape index (κ3) is 5.05. The minimum absolute atomic E-state index is 0.137. The molecule has 88 valence electrons. The van der Waals surface area contributed by atoms with Gasteiger partial charge in [0.25, 0.3) is 0 Å². The summed E-state index contributed by atoms with van der Waals surface area (Å²) >= 11 is 2.12. The van der Waals surface area contributed by atoms with Gasteiger partial charge >= 0.3 is 0 Å². The topological polar surface area (TPSA) is 17.1 Å². The van der Waals surface area contributed by atoms with E-state index in [0.29, 0.717) is 5.78 Å². The molecule has 0 radical (unpaired) electrons. The van der Waals surface area contributed by atoms with Crippen molar-refractivity contribution >= 4 is 17.5 Å². The second-order valence-corrected chi connectivity index (χ2v) is 6.96. The van der Waals surface area contributed by atoms with Gasteiger partial charge in [-0.15, -0.1) is 0 Å². The predicted molar refractivity (Wildman–Crippen MR) is 68.4 cm³/mol. The first-order valence-corrected chi connectivity index (χ1v) is 7.20. The van der Waals surface area contributed by atoms with E-state index in [1.807, 2.05) is 20.8 Å². The molecule has 0 saturated carbocycles. The molecule has 1 heterocycles. The molecule has 0 aromatic heterocycles. The molecule has 1 rings (SSSR count). The Morgan fingerprint density at radius 2 is 2.07 bits per heavy atom. The van der Waals surface area contributed by atoms with E-state index in [1.54, 1.807) is 0 Å². The standard InChI is InChI=1S/C13H24OS/c1-13(2,3)12(14)9-5-4-7-11-8-6-10-15-11/h11H,4-10H2,1-3H3/t11-/m0/s1. The molecule has 1 fully saturated rings. The van der Waals surface area contributed by atoms with Crippen molar-refractivity contribution in [3.05, 3.63) is 0 Å². The Labute approximate surface area is 98.4 Å². The number of carbonyl (C=O) groups is 1. The Balaban J connectivity index is 2.03. The molecular weight excluding hydrogens is 204 g/mol. The van der Waals surface area contributed by atoms with Crippen LogP contribution in [0.2, 0.25) is 0 Å². The van der Waals surface area contributed by atoms with Crippen LogP contribution in [-0.4, -0.2) is 16.8 Å². The van der Waals surface area contributed by atoms with Crippen molar-refractivity contribution in [3.63, 3.8) is 0 Å². The predicted octanol–water partition coefficient (Wildman–Crippen LogP) is 4.06. The fraction of sp³-hybridized carbons (Fsp3) is 0.923. The quantitative estimate of drug-likeness (QED) is 0.660. The van der Waals surface area contributed by atoms with Crippen LogP contribution >= 0.6 is 11.8 Å². The van der Waals surface area contributed by atoms with Gasteiger partial charge in [0, 0.05) is 17.1 Å². The van der Waals surface area contributed by atoms with E-state index in [0.717, 1.165) is 18.1 Å². The van der Waals surface area contributed by atoms with Crippen molar-refractivity contribution in [1.29, 1.82) is 0 Å². The van der Waals surface area contributed by atoms with Gasteiger partial charge in [0.1, 0.15) is 5.78 Å². The van der Waals surface area contributed by atoms with Gasteiger partial charge in [-0.2, -0.15) is 11.8 Å². The van der Waals surface area contributed by atoms with Crippen molar-refractivity contribution in [2.24, 2.45) is 5.41 Å². The van der Waals surface area contributed by atoms with Crippen LogP contribution in [0.4, 0.5) is 0 Å². The van der Waals surface area contributed by atoms with Crippen molar-refractivity contribution in [3.8, 4) is 0 Å². The number of hydrogen-bond acceptors (Lipinski definition) is 2. The smallest absolute Gasteiger partial charge is 0.138 e. The molecule has 2 heteroatoms. The molecule has 15 heavy (non-hydrogen) atoms. The zero-order chi connectivity index (χ0) is 11.3. The van der Waals surface area contributed by atoms with Crippen LogP contribution in [0.3, 0.4) is 0 Å². The second kappa shape index (κ2) is 5.93. The average molecular weight is 228 g/mol. The number of ketones is 1. The van der Waals surface area contributed by atoms with Crippen LogP contribution in [-0.2, 0) is 4.79 Å². The average Bonchev–Trinajstić information content (AvgIpc) is 2.63. The lowest BCUT2D eigenvalue weighted by molar-refractivity contribution is -0.126. The molecule has 1 aliphatic heterocycles. The minimum atomic E-state index is -0.137. The first-order chi connectivity index (χ1) is 7.00. The molecule has 1 atom stereocenters. The van der Waals surface area contributed by atoms with Crippen LogP contribution in [0.1, 0.15) is 59.3 Å². The molecule has 1 nitrogen and oxygen atoms in total. The van der Waals surface area contributed by atoms with Crippen molar-refractivity contribution in [2.75, 3.05) is 5.75 Å². The summed E-state index contributed by atoms with van der Waals surface area (Å²) in [7, 11) is 0. The van der Waals surface area contributed by atoms with E-state index in [2.05, 4.69) is 11.8 Å². The maximum absolute atomic E-state index is 11.7. The van der Waals surface area contributed by atoms with Crippen molar-refractivity contribution in [2.45, 2.75) is 64.5 Å². The summed E-state index contributed by atoms with van der Waals surface area (Å²) < 4.78 is 0. The molecule has 0 N–H and O–H groups in total. The summed E-state index contributed by atoms with van der Waals surface area (Å²) in [5, 5.41) is 0.898. The minimum Gasteiger partial charge on any atom is -0.299 e. The lowest BCUT2D eigenvalue weighted by Gasteiger charge is -2.16. The molecular formula is C13H24OS. The molecule has 0 unspecified atom stereocenters. The van der Waals surface area contributed by atoms with Gasteiger partial charge in [-0.3, -0.25) is 4.79 Å². The number of unbranched alkanes of at least 4 members (excludes halogenated alkanes) is 1. The number of thioether (sulfide) groups is 1. The SMILES string of the molecule is CC(C)(C)C(=O)CCCC[C@H]1CCCS1. The van der Waals surface area contributed by atoms with E-state index in [4.69, 9.17) is 0 Å². The van der Waals surface area contributed by atoms with E-state index in [1.165, 1.54) is 31.4 Å². The Morgan fingerprint density at radius 3 is 2.60 bits per heavy atom. The lowest BCUT2D eigenvalue weighted by atomic mass is 9.88.